The summed E-state index contributed by atoms with van der Waals surface area (Å²) in [6.45, 7) is 8.24. The fourth-order valence-electron chi connectivity index (χ4n) is 2.98. The third kappa shape index (κ3) is 5.57. The van der Waals surface area contributed by atoms with Crippen molar-refractivity contribution in [2.24, 2.45) is 0 Å². The second-order valence-corrected chi connectivity index (χ2v) is 6.65. The molecule has 0 unspecified atom stereocenters. The molecule has 0 atom stereocenters. The van der Waals surface area contributed by atoms with Crippen molar-refractivity contribution in [3.8, 4) is 0 Å². The van der Waals surface area contributed by atoms with Crippen LogP contribution in [0.4, 0.5) is 14.9 Å². The Labute approximate surface area is 158 Å². The number of benzene rings is 1. The molecule has 1 heterocycles. The van der Waals surface area contributed by atoms with Gasteiger partial charge in [0.15, 0.2) is 0 Å². The monoisotopic (exact) mass is 384 g/mol. The molecule has 6 nitrogen and oxygen atoms in total. The van der Waals surface area contributed by atoms with Gasteiger partial charge >= 0.3 is 6.03 Å². The molecule has 8 heteroatoms. The molecule has 0 radical (unpaired) electrons. The van der Waals surface area contributed by atoms with Gasteiger partial charge < -0.3 is 15.1 Å². The van der Waals surface area contributed by atoms with Crippen LogP contribution >= 0.6 is 11.6 Å². The van der Waals surface area contributed by atoms with Gasteiger partial charge in [-0.3, -0.25) is 9.69 Å². The Morgan fingerprint density at radius 3 is 2.58 bits per heavy atom. The van der Waals surface area contributed by atoms with E-state index in [2.05, 4.69) is 10.2 Å². The first kappa shape index (κ1) is 20.5. The van der Waals surface area contributed by atoms with E-state index < -0.39 is 5.82 Å². The zero-order valence-electron chi connectivity index (χ0n) is 15.3. The summed E-state index contributed by atoms with van der Waals surface area (Å²) in [5.74, 6) is -0.453. The number of nitrogens with zero attached hydrogens (tertiary/aromatic N) is 3. The first-order chi connectivity index (χ1) is 12.4. The molecule has 0 saturated carbocycles. The number of likely N-dealkylation sites (N-methyl/N-ethyl adjacent to an activating group) is 1. The summed E-state index contributed by atoms with van der Waals surface area (Å²) in [6, 6.07) is 3.90. The summed E-state index contributed by atoms with van der Waals surface area (Å²) in [5, 5.41) is 2.71. The summed E-state index contributed by atoms with van der Waals surface area (Å²) >= 11 is 5.65. The van der Waals surface area contributed by atoms with Crippen LogP contribution in [-0.4, -0.2) is 72.5 Å². The van der Waals surface area contributed by atoms with Crippen molar-refractivity contribution in [2.45, 2.75) is 20.3 Å². The Morgan fingerprint density at radius 2 is 1.92 bits per heavy atom. The van der Waals surface area contributed by atoms with Crippen LogP contribution < -0.4 is 5.32 Å². The van der Waals surface area contributed by atoms with E-state index >= 15 is 0 Å². The number of anilines is 1. The van der Waals surface area contributed by atoms with E-state index in [0.29, 0.717) is 45.0 Å². The largest absolute Gasteiger partial charge is 0.342 e. The zero-order valence-corrected chi connectivity index (χ0v) is 16.1. The third-order valence-corrected chi connectivity index (χ3v) is 4.83. The summed E-state index contributed by atoms with van der Waals surface area (Å²) in [7, 11) is 0. The molecule has 1 aromatic carbocycles. The SMILES string of the molecule is CCN(CC)C(=O)CN1CCCN(C(=O)Nc2ccc(Cl)c(F)c2)CC1. The predicted octanol–water partition coefficient (Wildman–Crippen LogP) is 2.89. The Morgan fingerprint density at radius 1 is 1.19 bits per heavy atom. The highest BCUT2D eigenvalue weighted by molar-refractivity contribution is 6.30. The molecule has 0 aromatic heterocycles. The summed E-state index contributed by atoms with van der Waals surface area (Å²) < 4.78 is 13.5. The molecule has 0 spiro atoms. The molecule has 0 bridgehead atoms. The van der Waals surface area contributed by atoms with Crippen molar-refractivity contribution in [1.29, 1.82) is 0 Å². The van der Waals surface area contributed by atoms with E-state index in [1.54, 1.807) is 11.0 Å². The van der Waals surface area contributed by atoms with E-state index in [1.807, 2.05) is 18.7 Å². The Hall–Kier alpha value is -1.86. The molecule has 1 aliphatic heterocycles. The van der Waals surface area contributed by atoms with E-state index in [1.165, 1.54) is 12.1 Å². The third-order valence-electron chi connectivity index (χ3n) is 4.52. The molecular weight excluding hydrogens is 359 g/mol. The number of urea groups is 1. The fraction of sp³-hybridized carbons (Fsp3) is 0.556. The smallest absolute Gasteiger partial charge is 0.321 e. The first-order valence-corrected chi connectivity index (χ1v) is 9.33. The number of carbonyl (C=O) groups excluding carboxylic acids is 2. The molecule has 144 valence electrons. The molecule has 1 aromatic rings. The van der Waals surface area contributed by atoms with Crippen LogP contribution in [0.5, 0.6) is 0 Å². The fourth-order valence-corrected chi connectivity index (χ4v) is 3.09. The minimum absolute atomic E-state index is 0.0197. The number of nitrogens with one attached hydrogen (secondary N) is 1. The van der Waals surface area contributed by atoms with Gasteiger partial charge in [0.25, 0.3) is 0 Å². The van der Waals surface area contributed by atoms with Crippen LogP contribution in [0.2, 0.25) is 5.02 Å². The topological polar surface area (TPSA) is 55.9 Å². The molecule has 1 N–H and O–H groups in total. The Kier molecular flexibility index (Phi) is 7.66. The lowest BCUT2D eigenvalue weighted by Crippen LogP contribution is -2.42. The number of hydrogen-bond acceptors (Lipinski definition) is 3. The van der Waals surface area contributed by atoms with Crippen molar-refractivity contribution in [3.63, 3.8) is 0 Å². The minimum atomic E-state index is -0.568. The highest BCUT2D eigenvalue weighted by atomic mass is 35.5. The lowest BCUT2D eigenvalue weighted by Gasteiger charge is -2.25. The summed E-state index contributed by atoms with van der Waals surface area (Å²) in [5.41, 5.74) is 0.370. The second-order valence-electron chi connectivity index (χ2n) is 6.24. The van der Waals surface area contributed by atoms with Gasteiger partial charge in [-0.15, -0.1) is 0 Å². The summed E-state index contributed by atoms with van der Waals surface area (Å²) in [6.07, 6.45) is 0.786. The standard InChI is InChI=1S/C18H26ClFN4O2/c1-3-23(4-2)17(25)13-22-8-5-9-24(11-10-22)18(26)21-14-6-7-15(19)16(20)12-14/h6-7,12H,3-5,8-11,13H2,1-2H3,(H,21,26). The molecule has 3 amide bonds. The van der Waals surface area contributed by atoms with Gasteiger partial charge in [-0.2, -0.15) is 0 Å². The van der Waals surface area contributed by atoms with Crippen LogP contribution in [-0.2, 0) is 4.79 Å². The number of hydrogen-bond donors (Lipinski definition) is 1. The lowest BCUT2D eigenvalue weighted by atomic mass is 10.3. The van der Waals surface area contributed by atoms with Crippen molar-refractivity contribution in [3.05, 3.63) is 29.0 Å². The Bertz CT molecular complexity index is 640. The maximum atomic E-state index is 13.5. The van der Waals surface area contributed by atoms with Gasteiger partial charge in [0.05, 0.1) is 11.6 Å². The average Bonchev–Trinajstić information content (AvgIpc) is 2.85. The van der Waals surface area contributed by atoms with E-state index in [-0.39, 0.29) is 17.0 Å². The van der Waals surface area contributed by atoms with E-state index in [4.69, 9.17) is 11.6 Å². The number of amides is 3. The molecule has 2 rings (SSSR count). The van der Waals surface area contributed by atoms with Crippen LogP contribution in [0.3, 0.4) is 0 Å². The van der Waals surface area contributed by atoms with E-state index in [0.717, 1.165) is 13.0 Å². The van der Waals surface area contributed by atoms with Crippen LogP contribution in [0.25, 0.3) is 0 Å². The number of halogens is 2. The van der Waals surface area contributed by atoms with Gasteiger partial charge in [0.2, 0.25) is 5.91 Å². The molecular formula is C18H26ClFN4O2. The highest BCUT2D eigenvalue weighted by Gasteiger charge is 2.22. The normalized spacial score (nSPS) is 15.5. The average molecular weight is 385 g/mol. The van der Waals surface area contributed by atoms with Gasteiger partial charge in [-0.1, -0.05) is 11.6 Å². The van der Waals surface area contributed by atoms with Crippen molar-refractivity contribution in [1.82, 2.24) is 14.7 Å². The summed E-state index contributed by atoms with van der Waals surface area (Å²) in [4.78, 5) is 30.2. The highest BCUT2D eigenvalue weighted by Crippen LogP contribution is 2.19. The van der Waals surface area contributed by atoms with Gasteiger partial charge in [-0.05, 0) is 38.5 Å². The van der Waals surface area contributed by atoms with Crippen LogP contribution in [0.15, 0.2) is 18.2 Å². The minimum Gasteiger partial charge on any atom is -0.342 e. The van der Waals surface area contributed by atoms with Gasteiger partial charge in [0, 0.05) is 45.0 Å². The van der Waals surface area contributed by atoms with Crippen LogP contribution in [0, 0.1) is 5.82 Å². The molecule has 0 aliphatic carbocycles. The second kappa shape index (κ2) is 9.73. The maximum absolute atomic E-state index is 13.5. The zero-order chi connectivity index (χ0) is 19.1. The van der Waals surface area contributed by atoms with Crippen molar-refractivity contribution < 1.29 is 14.0 Å². The molecule has 1 saturated heterocycles. The maximum Gasteiger partial charge on any atom is 0.321 e. The first-order valence-electron chi connectivity index (χ1n) is 8.95. The quantitative estimate of drug-likeness (QED) is 0.849. The van der Waals surface area contributed by atoms with E-state index in [9.17, 15) is 14.0 Å². The molecule has 1 fully saturated rings. The van der Waals surface area contributed by atoms with Gasteiger partial charge in [-0.25, -0.2) is 9.18 Å². The van der Waals surface area contributed by atoms with Gasteiger partial charge in [0.1, 0.15) is 5.82 Å². The Balaban J connectivity index is 1.88. The van der Waals surface area contributed by atoms with Crippen molar-refractivity contribution in [2.75, 3.05) is 51.1 Å². The van der Waals surface area contributed by atoms with Crippen LogP contribution in [0.1, 0.15) is 20.3 Å². The molecule has 26 heavy (non-hydrogen) atoms. The molecule has 1 aliphatic rings. The number of carbonyl (C=O) groups is 2. The number of rotatable bonds is 5. The lowest BCUT2D eigenvalue weighted by molar-refractivity contribution is -0.132. The predicted molar refractivity (Wildman–Crippen MR) is 101 cm³/mol. The van der Waals surface area contributed by atoms with Crippen molar-refractivity contribution >= 4 is 29.2 Å².